The first-order chi connectivity index (χ1) is 5.91. The molecule has 0 aromatic heterocycles. The summed E-state index contributed by atoms with van der Waals surface area (Å²) in [7, 11) is -2.79. The van der Waals surface area contributed by atoms with Crippen molar-refractivity contribution in [3.63, 3.8) is 0 Å². The first kappa shape index (κ1) is 11.0. The summed E-state index contributed by atoms with van der Waals surface area (Å²) in [5.74, 6) is 1.25. The van der Waals surface area contributed by atoms with Gasteiger partial charge in [0.05, 0.1) is 5.25 Å². The molecule has 3 heteroatoms. The molecule has 2 nitrogen and oxygen atoms in total. The van der Waals surface area contributed by atoms with Crippen LogP contribution in [0.15, 0.2) is 0 Å². The average Bonchev–Trinajstić information content (AvgIpc) is 2.03. The number of hydrogen-bond donors (Lipinski definition) is 0. The summed E-state index contributed by atoms with van der Waals surface area (Å²) in [6.07, 6.45) is 5.43. The fourth-order valence-electron chi connectivity index (χ4n) is 2.18. The molecule has 0 aliphatic heterocycles. The second kappa shape index (κ2) is 3.99. The van der Waals surface area contributed by atoms with Crippen molar-refractivity contribution >= 4 is 9.84 Å². The summed E-state index contributed by atoms with van der Waals surface area (Å²) in [5, 5.41) is -0.0614. The summed E-state index contributed by atoms with van der Waals surface area (Å²) in [5.41, 5.74) is 0. The topological polar surface area (TPSA) is 34.1 Å². The van der Waals surface area contributed by atoms with E-state index in [0.717, 1.165) is 19.3 Å². The van der Waals surface area contributed by atoms with Gasteiger partial charge in [-0.25, -0.2) is 8.42 Å². The molecular formula is C10H20O2S. The van der Waals surface area contributed by atoms with E-state index in [2.05, 4.69) is 13.8 Å². The summed E-state index contributed by atoms with van der Waals surface area (Å²) in [4.78, 5) is 0. The normalized spacial score (nSPS) is 30.8. The fourth-order valence-corrected chi connectivity index (χ4v) is 3.37. The van der Waals surface area contributed by atoms with Crippen molar-refractivity contribution in [3.05, 3.63) is 0 Å². The Hall–Kier alpha value is -0.0500. The lowest BCUT2D eigenvalue weighted by atomic mass is 9.81. The van der Waals surface area contributed by atoms with Crippen LogP contribution in [0.25, 0.3) is 0 Å². The van der Waals surface area contributed by atoms with E-state index in [-0.39, 0.29) is 5.25 Å². The lowest BCUT2D eigenvalue weighted by Crippen LogP contribution is -2.29. The van der Waals surface area contributed by atoms with E-state index in [1.54, 1.807) is 0 Å². The van der Waals surface area contributed by atoms with Crippen LogP contribution in [-0.4, -0.2) is 19.9 Å². The molecule has 0 N–H and O–H groups in total. The lowest BCUT2D eigenvalue weighted by Gasteiger charge is -2.30. The van der Waals surface area contributed by atoms with Gasteiger partial charge in [0.25, 0.3) is 0 Å². The third kappa shape index (κ3) is 2.97. The summed E-state index contributed by atoms with van der Waals surface area (Å²) in [6, 6.07) is 0. The lowest BCUT2D eigenvalue weighted by molar-refractivity contribution is 0.280. The van der Waals surface area contributed by atoms with E-state index in [4.69, 9.17) is 0 Å². The van der Waals surface area contributed by atoms with Crippen molar-refractivity contribution < 1.29 is 8.42 Å². The molecule has 0 amide bonds. The van der Waals surface area contributed by atoms with Crippen molar-refractivity contribution in [2.24, 2.45) is 11.8 Å². The van der Waals surface area contributed by atoms with Crippen LogP contribution in [-0.2, 0) is 9.84 Å². The largest absolute Gasteiger partial charge is 0.229 e. The minimum Gasteiger partial charge on any atom is -0.229 e. The van der Waals surface area contributed by atoms with Crippen LogP contribution >= 0.6 is 0 Å². The molecule has 1 saturated carbocycles. The van der Waals surface area contributed by atoms with Gasteiger partial charge >= 0.3 is 0 Å². The Kier molecular flexibility index (Phi) is 3.38. The Labute approximate surface area is 81.6 Å². The molecule has 1 fully saturated rings. The molecule has 1 rings (SSSR count). The van der Waals surface area contributed by atoms with Gasteiger partial charge in [-0.3, -0.25) is 0 Å². The number of sulfone groups is 1. The minimum absolute atomic E-state index is 0.0614. The highest BCUT2D eigenvalue weighted by atomic mass is 32.2. The zero-order chi connectivity index (χ0) is 10.1. The highest BCUT2D eigenvalue weighted by Gasteiger charge is 2.29. The molecule has 1 aliphatic carbocycles. The third-order valence-corrected chi connectivity index (χ3v) is 4.85. The van der Waals surface area contributed by atoms with Gasteiger partial charge in [-0.15, -0.1) is 0 Å². The van der Waals surface area contributed by atoms with E-state index in [0.29, 0.717) is 11.8 Å². The van der Waals surface area contributed by atoms with E-state index >= 15 is 0 Å². The monoisotopic (exact) mass is 204 g/mol. The van der Waals surface area contributed by atoms with Gasteiger partial charge in [-0.1, -0.05) is 26.7 Å². The third-order valence-electron chi connectivity index (χ3n) is 3.21. The van der Waals surface area contributed by atoms with E-state index in [1.807, 2.05) is 0 Å². The first-order valence-corrected chi connectivity index (χ1v) is 7.05. The summed E-state index contributed by atoms with van der Waals surface area (Å²) < 4.78 is 22.7. The molecule has 0 saturated heterocycles. The minimum atomic E-state index is -2.79. The quantitative estimate of drug-likeness (QED) is 0.691. The molecule has 0 bridgehead atoms. The van der Waals surface area contributed by atoms with Crippen LogP contribution in [0.5, 0.6) is 0 Å². The standard InChI is InChI=1S/C10H20O2S/c1-8(2)9-5-4-6-10(7-9)13(3,11)12/h8-10H,4-7H2,1-3H3/t9-,10+/m1/s1. The maximum atomic E-state index is 11.4. The van der Waals surface area contributed by atoms with Gasteiger partial charge in [-0.2, -0.15) is 0 Å². The van der Waals surface area contributed by atoms with Crippen LogP contribution in [0.4, 0.5) is 0 Å². The van der Waals surface area contributed by atoms with Gasteiger partial charge in [0.15, 0.2) is 0 Å². The molecule has 0 radical (unpaired) electrons. The van der Waals surface area contributed by atoms with E-state index in [1.165, 1.54) is 12.7 Å². The van der Waals surface area contributed by atoms with E-state index < -0.39 is 9.84 Å². The van der Waals surface area contributed by atoms with Gasteiger partial charge in [0, 0.05) is 6.26 Å². The highest BCUT2D eigenvalue weighted by Crippen LogP contribution is 2.32. The zero-order valence-corrected chi connectivity index (χ0v) is 9.60. The average molecular weight is 204 g/mol. The molecule has 1 aliphatic rings. The van der Waals surface area contributed by atoms with E-state index in [9.17, 15) is 8.42 Å². The molecule has 0 spiro atoms. The maximum absolute atomic E-state index is 11.4. The zero-order valence-electron chi connectivity index (χ0n) is 8.79. The Balaban J connectivity index is 2.62. The molecule has 2 atom stereocenters. The van der Waals surface area contributed by atoms with Gasteiger partial charge < -0.3 is 0 Å². The highest BCUT2D eigenvalue weighted by molar-refractivity contribution is 7.91. The van der Waals surface area contributed by atoms with Crippen molar-refractivity contribution in [1.82, 2.24) is 0 Å². The van der Waals surface area contributed by atoms with Crippen LogP contribution < -0.4 is 0 Å². The van der Waals surface area contributed by atoms with Crippen molar-refractivity contribution in [3.8, 4) is 0 Å². The van der Waals surface area contributed by atoms with Crippen molar-refractivity contribution in [2.45, 2.75) is 44.8 Å². The molecule has 0 aromatic rings. The van der Waals surface area contributed by atoms with Crippen LogP contribution in [0.2, 0.25) is 0 Å². The first-order valence-electron chi connectivity index (χ1n) is 5.10. The molecule has 0 aromatic carbocycles. The molecule has 0 unspecified atom stereocenters. The van der Waals surface area contributed by atoms with Crippen LogP contribution in [0.1, 0.15) is 39.5 Å². The second-order valence-corrected chi connectivity index (χ2v) is 6.95. The maximum Gasteiger partial charge on any atom is 0.150 e. The Morgan fingerprint density at radius 3 is 2.31 bits per heavy atom. The number of rotatable bonds is 2. The second-order valence-electron chi connectivity index (χ2n) is 4.62. The Morgan fingerprint density at radius 1 is 1.23 bits per heavy atom. The van der Waals surface area contributed by atoms with Gasteiger partial charge in [0.1, 0.15) is 9.84 Å². The molecule has 78 valence electrons. The molecule has 13 heavy (non-hydrogen) atoms. The Morgan fingerprint density at radius 2 is 1.85 bits per heavy atom. The van der Waals surface area contributed by atoms with Crippen LogP contribution in [0.3, 0.4) is 0 Å². The van der Waals surface area contributed by atoms with Crippen LogP contribution in [0, 0.1) is 11.8 Å². The fraction of sp³-hybridized carbons (Fsp3) is 1.00. The summed E-state index contributed by atoms with van der Waals surface area (Å²) >= 11 is 0. The number of hydrogen-bond acceptors (Lipinski definition) is 2. The van der Waals surface area contributed by atoms with Crippen molar-refractivity contribution in [2.75, 3.05) is 6.26 Å². The van der Waals surface area contributed by atoms with Gasteiger partial charge in [-0.05, 0) is 24.7 Å². The smallest absolute Gasteiger partial charge is 0.150 e. The van der Waals surface area contributed by atoms with Gasteiger partial charge in [0.2, 0.25) is 0 Å². The summed E-state index contributed by atoms with van der Waals surface area (Å²) in [6.45, 7) is 4.38. The predicted molar refractivity (Wildman–Crippen MR) is 55.4 cm³/mol. The van der Waals surface area contributed by atoms with Crippen molar-refractivity contribution in [1.29, 1.82) is 0 Å². The predicted octanol–water partition coefficient (Wildman–Crippen LogP) is 2.25. The molecular weight excluding hydrogens is 184 g/mol. The molecule has 0 heterocycles. The Bertz CT molecular complexity index is 254. The SMILES string of the molecule is CC(C)[C@@H]1CCC[C@H](S(C)(=O)=O)C1.